The van der Waals surface area contributed by atoms with Crippen LogP contribution in [0, 0.1) is 5.92 Å². The van der Waals surface area contributed by atoms with Gasteiger partial charge in [-0.05, 0) is 62.9 Å². The van der Waals surface area contributed by atoms with E-state index in [1.165, 1.54) is 38.1 Å². The van der Waals surface area contributed by atoms with E-state index in [1.807, 2.05) is 0 Å². The maximum Gasteiger partial charge on any atom is 0.416 e. The van der Waals surface area contributed by atoms with Gasteiger partial charge < -0.3 is 4.90 Å². The van der Waals surface area contributed by atoms with Gasteiger partial charge in [0.1, 0.15) is 0 Å². The number of nitrogens with zero attached hydrogens (tertiary/aromatic N) is 2. The number of hydrogen-bond acceptors (Lipinski definition) is 2. The van der Waals surface area contributed by atoms with Crippen LogP contribution >= 0.6 is 0 Å². The maximum atomic E-state index is 13.1. The van der Waals surface area contributed by atoms with Crippen LogP contribution in [0.1, 0.15) is 43.7 Å². The van der Waals surface area contributed by atoms with Gasteiger partial charge in [0.25, 0.3) is 0 Å². The van der Waals surface area contributed by atoms with Crippen LogP contribution in [0.2, 0.25) is 0 Å². The summed E-state index contributed by atoms with van der Waals surface area (Å²) in [5.41, 5.74) is -0.0907. The average molecular weight is 340 g/mol. The number of rotatable bonds is 3. The first-order chi connectivity index (χ1) is 11.4. The Balaban J connectivity index is 1.56. The van der Waals surface area contributed by atoms with E-state index in [1.54, 1.807) is 12.1 Å². The first-order valence-corrected chi connectivity index (χ1v) is 9.05. The van der Waals surface area contributed by atoms with Crippen molar-refractivity contribution in [1.29, 1.82) is 0 Å². The second-order valence-electron chi connectivity index (χ2n) is 7.40. The quantitative estimate of drug-likeness (QED) is 0.805. The SMILES string of the molecule is C[C@H]1CCCN(C2CCN(Cc3ccccc3C(F)(F)F)CC2)C1. The summed E-state index contributed by atoms with van der Waals surface area (Å²) in [6, 6.07) is 6.59. The van der Waals surface area contributed by atoms with Crippen molar-refractivity contribution in [1.82, 2.24) is 9.80 Å². The lowest BCUT2D eigenvalue weighted by atomic mass is 9.95. The normalized spacial score (nSPS) is 25.1. The molecule has 2 heterocycles. The van der Waals surface area contributed by atoms with E-state index in [2.05, 4.69) is 16.7 Å². The molecule has 1 aromatic rings. The van der Waals surface area contributed by atoms with Crippen molar-refractivity contribution in [3.05, 3.63) is 35.4 Å². The molecule has 3 rings (SSSR count). The second-order valence-corrected chi connectivity index (χ2v) is 7.40. The summed E-state index contributed by atoms with van der Waals surface area (Å²) in [4.78, 5) is 4.78. The third-order valence-electron chi connectivity index (χ3n) is 5.48. The van der Waals surface area contributed by atoms with Crippen molar-refractivity contribution in [3.63, 3.8) is 0 Å². The van der Waals surface area contributed by atoms with Gasteiger partial charge in [0.15, 0.2) is 0 Å². The smallest absolute Gasteiger partial charge is 0.300 e. The molecule has 0 amide bonds. The van der Waals surface area contributed by atoms with Crippen LogP contribution in [0.3, 0.4) is 0 Å². The van der Waals surface area contributed by atoms with E-state index in [0.717, 1.165) is 31.8 Å². The highest BCUT2D eigenvalue weighted by molar-refractivity contribution is 5.29. The Bertz CT molecular complexity index is 536. The standard InChI is InChI=1S/C19H27F3N2/c1-15-5-4-10-24(13-15)17-8-11-23(12-9-17)14-16-6-2-3-7-18(16)19(20,21)22/h2-3,6-7,15,17H,4-5,8-14H2,1H3/t15-/m0/s1. The fraction of sp³-hybridized carbons (Fsp3) is 0.684. The van der Waals surface area contributed by atoms with Crippen LogP contribution in [0.25, 0.3) is 0 Å². The van der Waals surface area contributed by atoms with Gasteiger partial charge in [-0.2, -0.15) is 13.2 Å². The minimum Gasteiger partial charge on any atom is -0.300 e. The summed E-state index contributed by atoms with van der Waals surface area (Å²) in [6.45, 7) is 6.87. The van der Waals surface area contributed by atoms with E-state index >= 15 is 0 Å². The van der Waals surface area contributed by atoms with Crippen LogP contribution in [-0.4, -0.2) is 42.0 Å². The Morgan fingerprint density at radius 3 is 2.42 bits per heavy atom. The largest absolute Gasteiger partial charge is 0.416 e. The zero-order valence-electron chi connectivity index (χ0n) is 14.4. The second kappa shape index (κ2) is 7.44. The molecular weight excluding hydrogens is 313 g/mol. The summed E-state index contributed by atoms with van der Waals surface area (Å²) >= 11 is 0. The summed E-state index contributed by atoms with van der Waals surface area (Å²) in [7, 11) is 0. The van der Waals surface area contributed by atoms with Gasteiger partial charge in [0, 0.05) is 19.1 Å². The molecule has 2 saturated heterocycles. The zero-order valence-corrected chi connectivity index (χ0v) is 14.4. The van der Waals surface area contributed by atoms with E-state index in [9.17, 15) is 13.2 Å². The van der Waals surface area contributed by atoms with Crippen LogP contribution in [0.5, 0.6) is 0 Å². The highest BCUT2D eigenvalue weighted by atomic mass is 19.4. The van der Waals surface area contributed by atoms with E-state index in [-0.39, 0.29) is 0 Å². The molecule has 2 nitrogen and oxygen atoms in total. The molecule has 0 bridgehead atoms. The molecule has 24 heavy (non-hydrogen) atoms. The van der Waals surface area contributed by atoms with Gasteiger partial charge in [-0.3, -0.25) is 4.90 Å². The summed E-state index contributed by atoms with van der Waals surface area (Å²) in [5, 5.41) is 0. The summed E-state index contributed by atoms with van der Waals surface area (Å²) < 4.78 is 39.4. The number of halogens is 3. The molecule has 0 N–H and O–H groups in total. The Hall–Kier alpha value is -1.07. The van der Waals surface area contributed by atoms with Gasteiger partial charge >= 0.3 is 6.18 Å². The van der Waals surface area contributed by atoms with Crippen LogP contribution in [0.4, 0.5) is 13.2 Å². The Kier molecular flexibility index (Phi) is 5.50. The average Bonchev–Trinajstić information content (AvgIpc) is 2.55. The molecule has 2 aliphatic heterocycles. The van der Waals surface area contributed by atoms with Gasteiger partial charge in [-0.15, -0.1) is 0 Å². The van der Waals surface area contributed by atoms with Crippen LogP contribution < -0.4 is 0 Å². The number of piperidine rings is 2. The Morgan fingerprint density at radius 2 is 1.75 bits per heavy atom. The third kappa shape index (κ3) is 4.31. The predicted octanol–water partition coefficient (Wildman–Crippen LogP) is 4.40. The molecule has 0 saturated carbocycles. The van der Waals surface area contributed by atoms with Gasteiger partial charge in [-0.1, -0.05) is 25.1 Å². The molecule has 2 aliphatic rings. The molecule has 1 atom stereocenters. The molecule has 0 radical (unpaired) electrons. The molecule has 1 aromatic carbocycles. The molecule has 0 aromatic heterocycles. The van der Waals surface area contributed by atoms with Gasteiger partial charge in [0.05, 0.1) is 5.56 Å². The van der Waals surface area contributed by atoms with Gasteiger partial charge in [-0.25, -0.2) is 0 Å². The molecule has 5 heteroatoms. The third-order valence-corrected chi connectivity index (χ3v) is 5.48. The van der Waals surface area contributed by atoms with E-state index in [4.69, 9.17) is 0 Å². The van der Waals surface area contributed by atoms with Gasteiger partial charge in [0.2, 0.25) is 0 Å². The molecule has 0 unspecified atom stereocenters. The Labute approximate surface area is 142 Å². The lowest BCUT2D eigenvalue weighted by molar-refractivity contribution is -0.138. The lowest BCUT2D eigenvalue weighted by Gasteiger charge is -2.42. The predicted molar refractivity (Wildman–Crippen MR) is 89.7 cm³/mol. The van der Waals surface area contributed by atoms with E-state index < -0.39 is 11.7 Å². The number of benzene rings is 1. The maximum absolute atomic E-state index is 13.1. The zero-order chi connectivity index (χ0) is 17.2. The topological polar surface area (TPSA) is 6.48 Å². The lowest BCUT2D eigenvalue weighted by Crippen LogP contribution is -2.48. The van der Waals surface area contributed by atoms with Crippen molar-refractivity contribution in [2.75, 3.05) is 26.2 Å². The van der Waals surface area contributed by atoms with E-state index in [0.29, 0.717) is 18.2 Å². The molecule has 0 aliphatic carbocycles. The van der Waals surface area contributed by atoms with Crippen LogP contribution in [0.15, 0.2) is 24.3 Å². The molecule has 134 valence electrons. The fourth-order valence-electron chi connectivity index (χ4n) is 4.18. The first-order valence-electron chi connectivity index (χ1n) is 9.05. The highest BCUT2D eigenvalue weighted by Gasteiger charge is 2.34. The van der Waals surface area contributed by atoms with Crippen molar-refractivity contribution in [2.24, 2.45) is 5.92 Å². The van der Waals surface area contributed by atoms with Crippen molar-refractivity contribution < 1.29 is 13.2 Å². The van der Waals surface area contributed by atoms with Crippen molar-refractivity contribution >= 4 is 0 Å². The molecule has 0 spiro atoms. The Morgan fingerprint density at radius 1 is 1.04 bits per heavy atom. The van der Waals surface area contributed by atoms with Crippen molar-refractivity contribution in [3.8, 4) is 0 Å². The van der Waals surface area contributed by atoms with Crippen molar-refractivity contribution in [2.45, 2.75) is 51.4 Å². The number of alkyl halides is 3. The monoisotopic (exact) mass is 340 g/mol. The minimum atomic E-state index is -4.27. The number of hydrogen-bond donors (Lipinski definition) is 0. The highest BCUT2D eigenvalue weighted by Crippen LogP contribution is 2.33. The number of likely N-dealkylation sites (tertiary alicyclic amines) is 2. The molecule has 2 fully saturated rings. The fourth-order valence-corrected chi connectivity index (χ4v) is 4.18. The summed E-state index contributed by atoms with van der Waals surface area (Å²) in [5.74, 6) is 0.774. The van der Waals surface area contributed by atoms with Crippen LogP contribution in [-0.2, 0) is 12.7 Å². The summed E-state index contributed by atoms with van der Waals surface area (Å²) in [6.07, 6.45) is 0.477. The minimum absolute atomic E-state index is 0.398. The first kappa shape index (κ1) is 17.7. The molecular formula is C19H27F3N2.